The molecule has 3 aromatic rings. The summed E-state index contributed by atoms with van der Waals surface area (Å²) in [5, 5.41) is 0. The SMILES string of the molecule is C=CCN(Cc1nccn1Cc1ccc(F)cc1)C(=O)c1ccc(F)cc1. The molecule has 138 valence electrons. The van der Waals surface area contributed by atoms with E-state index in [0.717, 1.165) is 5.56 Å². The first-order valence-electron chi connectivity index (χ1n) is 8.47. The largest absolute Gasteiger partial charge is 0.329 e. The Labute approximate surface area is 156 Å². The Kier molecular flexibility index (Phi) is 5.76. The molecule has 0 saturated heterocycles. The number of aromatic nitrogens is 2. The van der Waals surface area contributed by atoms with Gasteiger partial charge in [0.1, 0.15) is 17.5 Å². The fourth-order valence-electron chi connectivity index (χ4n) is 2.74. The first-order chi connectivity index (χ1) is 13.1. The van der Waals surface area contributed by atoms with E-state index in [2.05, 4.69) is 11.6 Å². The van der Waals surface area contributed by atoms with Crippen molar-refractivity contribution in [3.05, 3.63) is 102 Å². The van der Waals surface area contributed by atoms with Gasteiger partial charge in [-0.25, -0.2) is 13.8 Å². The number of hydrogen-bond donors (Lipinski definition) is 0. The number of amides is 1. The molecule has 27 heavy (non-hydrogen) atoms. The van der Waals surface area contributed by atoms with E-state index in [1.165, 1.54) is 36.4 Å². The van der Waals surface area contributed by atoms with Crippen LogP contribution in [0.1, 0.15) is 21.7 Å². The van der Waals surface area contributed by atoms with Crippen LogP contribution in [0.5, 0.6) is 0 Å². The van der Waals surface area contributed by atoms with Gasteiger partial charge in [0.25, 0.3) is 5.91 Å². The highest BCUT2D eigenvalue weighted by Gasteiger charge is 2.17. The van der Waals surface area contributed by atoms with Gasteiger partial charge >= 0.3 is 0 Å². The Morgan fingerprint density at radius 1 is 1.07 bits per heavy atom. The Hall–Kier alpha value is -3.28. The second-order valence-corrected chi connectivity index (χ2v) is 6.08. The summed E-state index contributed by atoms with van der Waals surface area (Å²) < 4.78 is 28.1. The van der Waals surface area contributed by atoms with Gasteiger partial charge in [0.15, 0.2) is 0 Å². The molecule has 0 unspecified atom stereocenters. The Bertz CT molecular complexity index is 917. The van der Waals surface area contributed by atoms with Gasteiger partial charge in [-0.1, -0.05) is 18.2 Å². The van der Waals surface area contributed by atoms with Crippen molar-refractivity contribution in [3.8, 4) is 0 Å². The highest BCUT2D eigenvalue weighted by Crippen LogP contribution is 2.13. The van der Waals surface area contributed by atoms with Crippen LogP contribution in [0.2, 0.25) is 0 Å². The number of carbonyl (C=O) groups is 1. The van der Waals surface area contributed by atoms with Crippen molar-refractivity contribution in [2.75, 3.05) is 6.54 Å². The van der Waals surface area contributed by atoms with E-state index >= 15 is 0 Å². The van der Waals surface area contributed by atoms with Crippen LogP contribution in [0.4, 0.5) is 8.78 Å². The second kappa shape index (κ2) is 8.40. The van der Waals surface area contributed by atoms with Crippen LogP contribution in [-0.4, -0.2) is 26.9 Å². The third-order valence-corrected chi connectivity index (χ3v) is 4.13. The van der Waals surface area contributed by atoms with E-state index in [9.17, 15) is 13.6 Å². The maximum absolute atomic E-state index is 13.1. The normalized spacial score (nSPS) is 10.6. The number of nitrogens with zero attached hydrogens (tertiary/aromatic N) is 3. The third-order valence-electron chi connectivity index (χ3n) is 4.13. The lowest BCUT2D eigenvalue weighted by atomic mass is 10.2. The number of carbonyl (C=O) groups excluding carboxylic acids is 1. The van der Waals surface area contributed by atoms with Gasteiger partial charge in [0.2, 0.25) is 0 Å². The third kappa shape index (κ3) is 4.67. The summed E-state index contributed by atoms with van der Waals surface area (Å²) >= 11 is 0. The summed E-state index contributed by atoms with van der Waals surface area (Å²) in [6.45, 7) is 4.83. The number of halogens is 2. The lowest BCUT2D eigenvalue weighted by molar-refractivity contribution is 0.0757. The predicted molar refractivity (Wildman–Crippen MR) is 99.1 cm³/mol. The quantitative estimate of drug-likeness (QED) is 0.591. The second-order valence-electron chi connectivity index (χ2n) is 6.08. The molecule has 4 nitrogen and oxygen atoms in total. The summed E-state index contributed by atoms with van der Waals surface area (Å²) in [7, 11) is 0. The van der Waals surface area contributed by atoms with Crippen LogP contribution in [0.3, 0.4) is 0 Å². The highest BCUT2D eigenvalue weighted by atomic mass is 19.1. The van der Waals surface area contributed by atoms with Crippen molar-refractivity contribution in [2.24, 2.45) is 0 Å². The zero-order chi connectivity index (χ0) is 19.2. The zero-order valence-electron chi connectivity index (χ0n) is 14.7. The van der Waals surface area contributed by atoms with Gasteiger partial charge in [0, 0.05) is 31.0 Å². The van der Waals surface area contributed by atoms with Crippen molar-refractivity contribution in [1.82, 2.24) is 14.5 Å². The molecule has 2 aromatic carbocycles. The molecule has 1 aromatic heterocycles. The molecule has 0 aliphatic rings. The molecular formula is C21H19F2N3O. The van der Waals surface area contributed by atoms with Crippen LogP contribution in [0.25, 0.3) is 0 Å². The van der Waals surface area contributed by atoms with Gasteiger partial charge in [-0.2, -0.15) is 0 Å². The van der Waals surface area contributed by atoms with Crippen LogP contribution in [-0.2, 0) is 13.1 Å². The first-order valence-corrected chi connectivity index (χ1v) is 8.47. The minimum Gasteiger partial charge on any atom is -0.329 e. The summed E-state index contributed by atoms with van der Waals surface area (Å²) in [6.07, 6.45) is 5.11. The van der Waals surface area contributed by atoms with Gasteiger partial charge in [-0.05, 0) is 42.0 Å². The van der Waals surface area contributed by atoms with E-state index in [4.69, 9.17) is 0 Å². The molecule has 0 atom stereocenters. The number of benzene rings is 2. The van der Waals surface area contributed by atoms with Gasteiger partial charge in [-0.3, -0.25) is 4.79 Å². The summed E-state index contributed by atoms with van der Waals surface area (Å²) in [4.78, 5) is 18.7. The van der Waals surface area contributed by atoms with Crippen LogP contribution < -0.4 is 0 Å². The molecule has 6 heteroatoms. The Morgan fingerprint density at radius 3 is 2.33 bits per heavy atom. The maximum Gasteiger partial charge on any atom is 0.254 e. The maximum atomic E-state index is 13.1. The van der Waals surface area contributed by atoms with E-state index in [1.807, 2.05) is 10.8 Å². The molecular weight excluding hydrogens is 348 g/mol. The van der Waals surface area contributed by atoms with Crippen LogP contribution in [0, 0.1) is 11.6 Å². The van der Waals surface area contributed by atoms with Crippen LogP contribution >= 0.6 is 0 Å². The molecule has 0 N–H and O–H groups in total. The van der Waals surface area contributed by atoms with Crippen molar-refractivity contribution in [3.63, 3.8) is 0 Å². The zero-order valence-corrected chi connectivity index (χ0v) is 14.7. The summed E-state index contributed by atoms with van der Waals surface area (Å²) in [5.41, 5.74) is 1.32. The average Bonchev–Trinajstić information content (AvgIpc) is 3.10. The minimum absolute atomic E-state index is 0.230. The number of hydrogen-bond acceptors (Lipinski definition) is 2. The number of imidazole rings is 1. The fourth-order valence-corrected chi connectivity index (χ4v) is 2.74. The van der Waals surface area contributed by atoms with Crippen LogP contribution in [0.15, 0.2) is 73.6 Å². The van der Waals surface area contributed by atoms with Crippen molar-refractivity contribution >= 4 is 5.91 Å². The molecule has 0 spiro atoms. The molecule has 0 fully saturated rings. The summed E-state index contributed by atoms with van der Waals surface area (Å²) in [5.74, 6) is -0.216. The Balaban J connectivity index is 1.78. The van der Waals surface area contributed by atoms with E-state index in [0.29, 0.717) is 24.5 Å². The number of rotatable bonds is 7. The van der Waals surface area contributed by atoms with Gasteiger partial charge in [0.05, 0.1) is 6.54 Å². The standard InChI is InChI=1S/C21H19F2N3O/c1-2-12-26(21(27)17-5-9-19(23)10-6-17)15-20-24-11-13-25(20)14-16-3-7-18(22)8-4-16/h2-11,13H,1,12,14-15H2. The monoisotopic (exact) mass is 367 g/mol. The van der Waals surface area contributed by atoms with E-state index < -0.39 is 5.82 Å². The summed E-state index contributed by atoms with van der Waals surface area (Å²) in [6, 6.07) is 11.7. The molecule has 1 heterocycles. The fraction of sp³-hybridized carbons (Fsp3) is 0.143. The molecule has 0 saturated carbocycles. The lowest BCUT2D eigenvalue weighted by Gasteiger charge is -2.21. The van der Waals surface area contributed by atoms with E-state index in [1.54, 1.807) is 29.3 Å². The predicted octanol–water partition coefficient (Wildman–Crippen LogP) is 4.04. The highest BCUT2D eigenvalue weighted by molar-refractivity contribution is 5.94. The Morgan fingerprint density at radius 2 is 1.70 bits per heavy atom. The van der Waals surface area contributed by atoms with Crippen molar-refractivity contribution in [2.45, 2.75) is 13.1 Å². The molecule has 3 rings (SSSR count). The average molecular weight is 367 g/mol. The molecule has 0 bridgehead atoms. The molecule has 0 aliphatic heterocycles. The minimum atomic E-state index is -0.392. The molecule has 0 aliphatic carbocycles. The van der Waals surface area contributed by atoms with Gasteiger partial charge < -0.3 is 9.47 Å². The molecule has 1 amide bonds. The first kappa shape index (κ1) is 18.5. The molecule has 0 radical (unpaired) electrons. The lowest BCUT2D eigenvalue weighted by Crippen LogP contribution is -2.32. The topological polar surface area (TPSA) is 38.1 Å². The smallest absolute Gasteiger partial charge is 0.254 e. The van der Waals surface area contributed by atoms with Crippen molar-refractivity contribution < 1.29 is 13.6 Å². The van der Waals surface area contributed by atoms with Crippen molar-refractivity contribution in [1.29, 1.82) is 0 Å². The van der Waals surface area contributed by atoms with Gasteiger partial charge in [-0.15, -0.1) is 6.58 Å². The van der Waals surface area contributed by atoms with E-state index in [-0.39, 0.29) is 18.3 Å².